The van der Waals surface area contributed by atoms with E-state index in [2.05, 4.69) is 10.8 Å². The minimum Gasteiger partial charge on any atom is -0.481 e. The maximum Gasteiger partial charge on any atom is 0.422 e. The van der Waals surface area contributed by atoms with E-state index in [-0.39, 0.29) is 11.5 Å². The van der Waals surface area contributed by atoms with Crippen LogP contribution >= 0.6 is 0 Å². The van der Waals surface area contributed by atoms with Gasteiger partial charge in [-0.3, -0.25) is 0 Å². The van der Waals surface area contributed by atoms with E-state index in [4.69, 9.17) is 0 Å². The van der Waals surface area contributed by atoms with Gasteiger partial charge in [0.25, 0.3) is 0 Å². The molecule has 0 bridgehead atoms. The van der Waals surface area contributed by atoms with Gasteiger partial charge in [-0.15, -0.1) is 0 Å². The van der Waals surface area contributed by atoms with Crippen LogP contribution in [0.15, 0.2) is 24.3 Å². The average Bonchev–Trinajstić information content (AvgIpc) is 2.49. The number of hydrogen-bond acceptors (Lipinski definition) is 1. The van der Waals surface area contributed by atoms with Crippen LogP contribution in [0.1, 0.15) is 44.1 Å². The Hall–Kier alpha value is -1.59. The Morgan fingerprint density at radius 1 is 1.09 bits per heavy atom. The normalized spacial score (nSPS) is 22.5. The van der Waals surface area contributed by atoms with Crippen LogP contribution in [0.2, 0.25) is 0 Å². The van der Waals surface area contributed by atoms with Crippen molar-refractivity contribution in [2.75, 3.05) is 6.61 Å². The highest BCUT2D eigenvalue weighted by atomic mass is 19.4. The maximum atomic E-state index is 14.2. The molecule has 0 heterocycles. The summed E-state index contributed by atoms with van der Waals surface area (Å²) in [6.45, 7) is 0.304. The van der Waals surface area contributed by atoms with Crippen molar-refractivity contribution in [2.45, 2.75) is 44.7 Å². The Balaban J connectivity index is 2.08. The first kappa shape index (κ1) is 17.8. The maximum absolute atomic E-state index is 14.2. The first-order valence-corrected chi connectivity index (χ1v) is 7.62. The summed E-state index contributed by atoms with van der Waals surface area (Å²) < 4.78 is 68.7. The van der Waals surface area contributed by atoms with E-state index in [1.54, 1.807) is 0 Å². The predicted molar refractivity (Wildman–Crippen MR) is 77.4 cm³/mol. The molecule has 1 nitrogen and oxygen atoms in total. The van der Waals surface area contributed by atoms with Crippen molar-refractivity contribution >= 4 is 0 Å². The SMILES string of the molecule is CC=CC1CCC(c2ccc(OCC(F)(F)F)c(F)c2F)CC1. The zero-order valence-electron chi connectivity index (χ0n) is 12.8. The second-order valence-electron chi connectivity index (χ2n) is 5.82. The fourth-order valence-corrected chi connectivity index (χ4v) is 3.03. The average molecular weight is 334 g/mol. The highest BCUT2D eigenvalue weighted by Gasteiger charge is 2.30. The summed E-state index contributed by atoms with van der Waals surface area (Å²) in [4.78, 5) is 0. The molecular formula is C17H19F5O. The number of benzene rings is 1. The molecule has 6 heteroatoms. The molecule has 0 N–H and O–H groups in total. The molecule has 2 rings (SSSR count). The van der Waals surface area contributed by atoms with Gasteiger partial charge in [-0.25, -0.2) is 4.39 Å². The lowest BCUT2D eigenvalue weighted by molar-refractivity contribution is -0.153. The molecule has 0 radical (unpaired) electrons. The third-order valence-electron chi connectivity index (χ3n) is 4.14. The minimum atomic E-state index is -4.59. The van der Waals surface area contributed by atoms with Crippen molar-refractivity contribution in [2.24, 2.45) is 5.92 Å². The molecule has 128 valence electrons. The predicted octanol–water partition coefficient (Wildman–Crippen LogP) is 5.76. The van der Waals surface area contributed by atoms with Crippen molar-refractivity contribution in [3.63, 3.8) is 0 Å². The van der Waals surface area contributed by atoms with E-state index in [1.807, 2.05) is 13.0 Å². The number of rotatable bonds is 4. The van der Waals surface area contributed by atoms with Crippen LogP contribution in [0.25, 0.3) is 0 Å². The van der Waals surface area contributed by atoms with Crippen molar-refractivity contribution in [1.82, 2.24) is 0 Å². The van der Waals surface area contributed by atoms with Gasteiger partial charge in [0.15, 0.2) is 18.2 Å². The molecule has 0 saturated heterocycles. The van der Waals surface area contributed by atoms with Gasteiger partial charge in [0, 0.05) is 0 Å². The summed E-state index contributed by atoms with van der Waals surface area (Å²) in [5.41, 5.74) is 0.223. The molecule has 0 unspecified atom stereocenters. The molecular weight excluding hydrogens is 315 g/mol. The van der Waals surface area contributed by atoms with E-state index in [9.17, 15) is 22.0 Å². The highest BCUT2D eigenvalue weighted by molar-refractivity contribution is 5.33. The fourth-order valence-electron chi connectivity index (χ4n) is 3.03. The third kappa shape index (κ3) is 4.69. The molecule has 0 aliphatic heterocycles. The summed E-state index contributed by atoms with van der Waals surface area (Å²) in [5.74, 6) is -2.80. The summed E-state index contributed by atoms with van der Waals surface area (Å²) in [6, 6.07) is 2.42. The Morgan fingerprint density at radius 2 is 1.74 bits per heavy atom. The van der Waals surface area contributed by atoms with Crippen LogP contribution in [-0.4, -0.2) is 12.8 Å². The van der Waals surface area contributed by atoms with Crippen LogP contribution in [0.5, 0.6) is 5.75 Å². The second-order valence-corrected chi connectivity index (χ2v) is 5.82. The summed E-state index contributed by atoms with van der Waals surface area (Å²) in [5, 5.41) is 0. The van der Waals surface area contributed by atoms with Crippen LogP contribution in [0, 0.1) is 17.6 Å². The molecule has 1 aromatic rings. The Morgan fingerprint density at radius 3 is 2.30 bits per heavy atom. The standard InChI is InChI=1S/C17H19F5O/c1-2-3-11-4-6-12(7-5-11)13-8-9-14(16(19)15(13)18)23-10-17(20,21)22/h2-3,8-9,11-12H,4-7,10H2,1H3. The molecule has 0 aromatic heterocycles. The lowest BCUT2D eigenvalue weighted by atomic mass is 9.78. The number of hydrogen-bond donors (Lipinski definition) is 0. The molecule has 1 aliphatic carbocycles. The van der Waals surface area contributed by atoms with Gasteiger partial charge in [0.2, 0.25) is 5.82 Å². The fraction of sp³-hybridized carbons (Fsp3) is 0.529. The van der Waals surface area contributed by atoms with E-state index in [1.165, 1.54) is 6.07 Å². The van der Waals surface area contributed by atoms with E-state index in [0.717, 1.165) is 31.7 Å². The Bertz CT molecular complexity index is 557. The first-order valence-electron chi connectivity index (χ1n) is 7.62. The Kier molecular flexibility index (Phi) is 5.65. The largest absolute Gasteiger partial charge is 0.481 e. The molecule has 1 fully saturated rings. The van der Waals surface area contributed by atoms with Gasteiger partial charge in [-0.1, -0.05) is 18.2 Å². The van der Waals surface area contributed by atoms with Crippen molar-refractivity contribution in [3.8, 4) is 5.75 Å². The third-order valence-corrected chi connectivity index (χ3v) is 4.14. The summed E-state index contributed by atoms with van der Waals surface area (Å²) in [7, 11) is 0. The van der Waals surface area contributed by atoms with Crippen LogP contribution in [0.3, 0.4) is 0 Å². The van der Waals surface area contributed by atoms with Gasteiger partial charge in [0.05, 0.1) is 0 Å². The van der Waals surface area contributed by atoms with E-state index >= 15 is 0 Å². The number of alkyl halides is 3. The van der Waals surface area contributed by atoms with Gasteiger partial charge < -0.3 is 4.74 Å². The van der Waals surface area contributed by atoms with Crippen molar-refractivity contribution in [3.05, 3.63) is 41.5 Å². The van der Waals surface area contributed by atoms with Crippen LogP contribution < -0.4 is 4.74 Å². The van der Waals surface area contributed by atoms with Gasteiger partial charge in [-0.2, -0.15) is 17.6 Å². The van der Waals surface area contributed by atoms with Gasteiger partial charge in [-0.05, 0) is 56.1 Å². The zero-order valence-corrected chi connectivity index (χ0v) is 12.8. The molecule has 23 heavy (non-hydrogen) atoms. The number of ether oxygens (including phenoxy) is 1. The zero-order chi connectivity index (χ0) is 17.0. The lowest BCUT2D eigenvalue weighted by Gasteiger charge is -2.27. The smallest absolute Gasteiger partial charge is 0.422 e. The molecule has 0 atom stereocenters. The summed E-state index contributed by atoms with van der Waals surface area (Å²) in [6.07, 6.45) is 2.75. The first-order chi connectivity index (χ1) is 10.8. The lowest BCUT2D eigenvalue weighted by Crippen LogP contribution is -2.20. The molecule has 1 aromatic carbocycles. The molecule has 0 amide bonds. The second kappa shape index (κ2) is 7.32. The number of allylic oxidation sites excluding steroid dienone is 2. The highest BCUT2D eigenvalue weighted by Crippen LogP contribution is 2.39. The van der Waals surface area contributed by atoms with E-state index in [0.29, 0.717) is 5.92 Å². The molecule has 1 aliphatic rings. The quantitative estimate of drug-likeness (QED) is 0.503. The number of halogens is 5. The summed E-state index contributed by atoms with van der Waals surface area (Å²) >= 11 is 0. The molecule has 0 spiro atoms. The van der Waals surface area contributed by atoms with Gasteiger partial charge in [0.1, 0.15) is 0 Å². The van der Waals surface area contributed by atoms with Crippen LogP contribution in [0.4, 0.5) is 22.0 Å². The van der Waals surface area contributed by atoms with Crippen molar-refractivity contribution in [1.29, 1.82) is 0 Å². The Labute approximate surface area is 132 Å². The minimum absolute atomic E-state index is 0.109. The van der Waals surface area contributed by atoms with E-state index < -0.39 is 30.2 Å². The topological polar surface area (TPSA) is 9.23 Å². The van der Waals surface area contributed by atoms with Crippen LogP contribution in [-0.2, 0) is 0 Å². The molecule has 1 saturated carbocycles. The van der Waals surface area contributed by atoms with Crippen molar-refractivity contribution < 1.29 is 26.7 Å². The monoisotopic (exact) mass is 334 g/mol. The van der Waals surface area contributed by atoms with Gasteiger partial charge >= 0.3 is 6.18 Å².